The maximum Gasteiger partial charge on any atom is 0.274 e. The molecule has 0 saturated carbocycles. The Morgan fingerprint density at radius 1 is 1.00 bits per heavy atom. The average Bonchev–Trinajstić information content (AvgIpc) is 2.78. The summed E-state index contributed by atoms with van der Waals surface area (Å²) in [6.45, 7) is 4.09. The highest BCUT2D eigenvalue weighted by atomic mass is 16.5. The van der Waals surface area contributed by atoms with E-state index in [1.165, 1.54) is 5.56 Å². The van der Waals surface area contributed by atoms with Crippen LogP contribution < -0.4 is 14.4 Å². The Balaban J connectivity index is 1.48. The molecule has 28 heavy (non-hydrogen) atoms. The number of morpholine rings is 1. The number of aromatic nitrogens is 2. The van der Waals surface area contributed by atoms with Crippen LogP contribution in [0.5, 0.6) is 11.5 Å². The molecule has 3 heterocycles. The summed E-state index contributed by atoms with van der Waals surface area (Å²) in [6, 6.07) is 7.55. The van der Waals surface area contributed by atoms with Crippen LogP contribution in [0, 0.1) is 0 Å². The van der Waals surface area contributed by atoms with Crippen molar-refractivity contribution >= 4 is 11.7 Å². The zero-order chi connectivity index (χ0) is 19.5. The van der Waals surface area contributed by atoms with Gasteiger partial charge in [0.25, 0.3) is 5.91 Å². The lowest BCUT2D eigenvalue weighted by atomic mass is 9.98. The Kier molecular flexibility index (Phi) is 5.29. The molecule has 1 saturated heterocycles. The van der Waals surface area contributed by atoms with Crippen LogP contribution in [0.2, 0.25) is 0 Å². The second kappa shape index (κ2) is 8.02. The van der Waals surface area contributed by atoms with Crippen molar-refractivity contribution in [2.45, 2.75) is 13.0 Å². The van der Waals surface area contributed by atoms with Gasteiger partial charge in [-0.15, -0.1) is 10.2 Å². The van der Waals surface area contributed by atoms with E-state index >= 15 is 0 Å². The number of hydrogen-bond acceptors (Lipinski definition) is 7. The molecular weight excluding hydrogens is 360 g/mol. The maximum absolute atomic E-state index is 12.9. The van der Waals surface area contributed by atoms with Gasteiger partial charge in [0.1, 0.15) is 0 Å². The number of carbonyl (C=O) groups is 1. The highest BCUT2D eigenvalue weighted by molar-refractivity contribution is 5.92. The minimum Gasteiger partial charge on any atom is -0.493 e. The Hall–Kier alpha value is -2.87. The van der Waals surface area contributed by atoms with E-state index in [0.29, 0.717) is 43.5 Å². The summed E-state index contributed by atoms with van der Waals surface area (Å²) < 4.78 is 16.1. The van der Waals surface area contributed by atoms with E-state index in [2.05, 4.69) is 15.1 Å². The number of methoxy groups -OCH3 is 2. The molecule has 1 aromatic carbocycles. The molecule has 0 bridgehead atoms. The van der Waals surface area contributed by atoms with E-state index < -0.39 is 0 Å². The molecule has 0 spiro atoms. The van der Waals surface area contributed by atoms with Gasteiger partial charge in [0.15, 0.2) is 23.0 Å². The first-order chi connectivity index (χ1) is 13.7. The van der Waals surface area contributed by atoms with Gasteiger partial charge >= 0.3 is 0 Å². The van der Waals surface area contributed by atoms with Crippen LogP contribution >= 0.6 is 0 Å². The lowest BCUT2D eigenvalue weighted by Gasteiger charge is -2.29. The number of ether oxygens (including phenoxy) is 3. The van der Waals surface area contributed by atoms with Crippen molar-refractivity contribution in [3.05, 3.63) is 41.1 Å². The molecule has 4 rings (SSSR count). The third kappa shape index (κ3) is 3.60. The fraction of sp³-hybridized carbons (Fsp3) is 0.450. The van der Waals surface area contributed by atoms with E-state index in [9.17, 15) is 4.79 Å². The van der Waals surface area contributed by atoms with Crippen molar-refractivity contribution in [2.75, 3.05) is 52.0 Å². The molecule has 0 aliphatic carbocycles. The summed E-state index contributed by atoms with van der Waals surface area (Å²) in [6.07, 6.45) is 0.765. The normalized spacial score (nSPS) is 16.5. The third-order valence-corrected chi connectivity index (χ3v) is 5.21. The zero-order valence-electron chi connectivity index (χ0n) is 16.2. The molecule has 2 aliphatic heterocycles. The fourth-order valence-electron chi connectivity index (χ4n) is 3.62. The largest absolute Gasteiger partial charge is 0.493 e. The van der Waals surface area contributed by atoms with Crippen molar-refractivity contribution < 1.29 is 19.0 Å². The number of nitrogens with zero attached hydrogens (tertiary/aromatic N) is 4. The van der Waals surface area contributed by atoms with Crippen LogP contribution in [0.25, 0.3) is 0 Å². The fourth-order valence-corrected chi connectivity index (χ4v) is 3.62. The van der Waals surface area contributed by atoms with Gasteiger partial charge in [0, 0.05) is 26.2 Å². The Morgan fingerprint density at radius 3 is 2.36 bits per heavy atom. The molecule has 8 nitrogen and oxygen atoms in total. The van der Waals surface area contributed by atoms with Crippen molar-refractivity contribution in [3.8, 4) is 11.5 Å². The quantitative estimate of drug-likeness (QED) is 0.791. The standard InChI is InChI=1S/C20H24N4O4/c1-26-17-11-14-5-6-24(13-15(14)12-18(17)27-2)20(25)16-3-4-19(22-21-16)23-7-9-28-10-8-23/h3-4,11-12H,5-10,13H2,1-2H3. The van der Waals surface area contributed by atoms with Crippen LogP contribution in [-0.4, -0.2) is 68.1 Å². The molecule has 0 atom stereocenters. The van der Waals surface area contributed by atoms with E-state index in [1.54, 1.807) is 25.2 Å². The Morgan fingerprint density at radius 2 is 1.71 bits per heavy atom. The number of amides is 1. The average molecular weight is 384 g/mol. The molecule has 0 N–H and O–H groups in total. The number of carbonyl (C=O) groups excluding carboxylic acids is 1. The zero-order valence-corrected chi connectivity index (χ0v) is 16.2. The van der Waals surface area contributed by atoms with E-state index in [4.69, 9.17) is 14.2 Å². The molecule has 1 amide bonds. The van der Waals surface area contributed by atoms with Gasteiger partial charge in [-0.3, -0.25) is 4.79 Å². The third-order valence-electron chi connectivity index (χ3n) is 5.21. The maximum atomic E-state index is 12.9. The van der Waals surface area contributed by atoms with Crippen LogP contribution in [0.15, 0.2) is 24.3 Å². The number of hydrogen-bond donors (Lipinski definition) is 0. The first-order valence-corrected chi connectivity index (χ1v) is 9.39. The minimum absolute atomic E-state index is 0.110. The summed E-state index contributed by atoms with van der Waals surface area (Å²) in [5, 5.41) is 8.43. The summed E-state index contributed by atoms with van der Waals surface area (Å²) in [5.41, 5.74) is 2.60. The van der Waals surface area contributed by atoms with Crippen molar-refractivity contribution in [1.29, 1.82) is 0 Å². The number of fused-ring (bicyclic) bond motifs is 1. The molecule has 0 radical (unpaired) electrons. The van der Waals surface area contributed by atoms with Gasteiger partial charge in [-0.2, -0.15) is 0 Å². The topological polar surface area (TPSA) is 77.0 Å². The van der Waals surface area contributed by atoms with E-state index in [-0.39, 0.29) is 5.91 Å². The van der Waals surface area contributed by atoms with Gasteiger partial charge in [0.2, 0.25) is 0 Å². The molecule has 1 aromatic heterocycles. The first-order valence-electron chi connectivity index (χ1n) is 9.39. The summed E-state index contributed by atoms with van der Waals surface area (Å²) in [4.78, 5) is 16.8. The van der Waals surface area contributed by atoms with Crippen molar-refractivity contribution in [3.63, 3.8) is 0 Å². The smallest absolute Gasteiger partial charge is 0.274 e. The van der Waals surface area contributed by atoms with Crippen molar-refractivity contribution in [1.82, 2.24) is 15.1 Å². The van der Waals surface area contributed by atoms with E-state index in [0.717, 1.165) is 30.9 Å². The van der Waals surface area contributed by atoms with Gasteiger partial charge in [-0.1, -0.05) is 0 Å². The summed E-state index contributed by atoms with van der Waals surface area (Å²) in [7, 11) is 3.24. The molecule has 8 heteroatoms. The lowest BCUT2D eigenvalue weighted by Crippen LogP contribution is -2.38. The predicted octanol–water partition coefficient (Wildman–Crippen LogP) is 1.53. The first kappa shape index (κ1) is 18.5. The minimum atomic E-state index is -0.110. The number of rotatable bonds is 4. The van der Waals surface area contributed by atoms with Gasteiger partial charge < -0.3 is 24.0 Å². The van der Waals surface area contributed by atoms with Gasteiger partial charge in [-0.05, 0) is 41.8 Å². The number of benzene rings is 1. The van der Waals surface area contributed by atoms with Gasteiger partial charge in [-0.25, -0.2) is 0 Å². The second-order valence-corrected chi connectivity index (χ2v) is 6.83. The lowest BCUT2D eigenvalue weighted by molar-refractivity contribution is 0.0727. The van der Waals surface area contributed by atoms with Crippen LogP contribution in [0.4, 0.5) is 5.82 Å². The molecule has 1 fully saturated rings. The SMILES string of the molecule is COc1cc2c(cc1OC)CN(C(=O)c1ccc(N3CCOCC3)nn1)CC2. The molecule has 148 valence electrons. The van der Waals surface area contributed by atoms with Crippen molar-refractivity contribution in [2.24, 2.45) is 0 Å². The summed E-state index contributed by atoms with van der Waals surface area (Å²) >= 11 is 0. The second-order valence-electron chi connectivity index (χ2n) is 6.83. The van der Waals surface area contributed by atoms with E-state index in [1.807, 2.05) is 18.2 Å². The van der Waals surface area contributed by atoms with Crippen LogP contribution in [0.1, 0.15) is 21.6 Å². The monoisotopic (exact) mass is 384 g/mol. The molecule has 2 aliphatic rings. The highest BCUT2D eigenvalue weighted by Gasteiger charge is 2.25. The Labute approximate surface area is 164 Å². The highest BCUT2D eigenvalue weighted by Crippen LogP contribution is 2.33. The number of anilines is 1. The van der Waals surface area contributed by atoms with Gasteiger partial charge in [0.05, 0.1) is 27.4 Å². The van der Waals surface area contributed by atoms with Crippen LogP contribution in [0.3, 0.4) is 0 Å². The molecular formula is C20H24N4O4. The molecule has 2 aromatic rings. The predicted molar refractivity (Wildman–Crippen MR) is 103 cm³/mol. The summed E-state index contributed by atoms with van der Waals surface area (Å²) in [5.74, 6) is 2.05. The Bertz CT molecular complexity index is 850. The molecule has 0 unspecified atom stereocenters. The van der Waals surface area contributed by atoms with Crippen LogP contribution in [-0.2, 0) is 17.7 Å².